The molecule has 0 saturated carbocycles. The Hall–Kier alpha value is -2.03. The van der Waals surface area contributed by atoms with Crippen LogP contribution in [0.1, 0.15) is 0 Å². The van der Waals surface area contributed by atoms with Crippen LogP contribution in [-0.2, 0) is 17.2 Å². The number of para-hydroxylation sites is 1. The SMILES string of the molecule is C[n+]1c(SC(F)(F)C(F)(F)C(F)(F)C(F)(F)C(F)(F)C(F)(F)C(F)(F)C(F)(F)F)sc2ccccc21.O=S(=O)([O-])C(F)(F)F. The van der Waals surface area contributed by atoms with Gasteiger partial charge in [0.25, 0.3) is 0 Å². The highest BCUT2D eigenvalue weighted by atomic mass is 32.2. The molecule has 0 bridgehead atoms. The van der Waals surface area contributed by atoms with Crippen molar-refractivity contribution in [3.05, 3.63) is 24.3 Å². The van der Waals surface area contributed by atoms with Crippen LogP contribution in [0.5, 0.6) is 0 Å². The van der Waals surface area contributed by atoms with Crippen LogP contribution in [0.2, 0.25) is 0 Å². The average molecular weight is 749 g/mol. The first-order chi connectivity index (χ1) is 19.0. The highest BCUT2D eigenvalue weighted by molar-refractivity contribution is 8.02. The van der Waals surface area contributed by atoms with E-state index in [0.717, 1.165) is 7.05 Å². The Morgan fingerprint density at radius 2 is 0.977 bits per heavy atom. The van der Waals surface area contributed by atoms with Crippen molar-refractivity contribution >= 4 is 43.4 Å². The average Bonchev–Trinajstić information content (AvgIpc) is 3.11. The van der Waals surface area contributed by atoms with E-state index in [1.807, 2.05) is 0 Å². The van der Waals surface area contributed by atoms with Crippen LogP contribution in [0.15, 0.2) is 28.6 Å². The normalized spacial score (nSPS) is 15.3. The zero-order chi connectivity index (χ0) is 35.6. The lowest BCUT2D eigenvalue weighted by atomic mass is 9.91. The lowest BCUT2D eigenvalue weighted by Gasteiger charge is -2.42. The second-order valence-electron chi connectivity index (χ2n) is 7.86. The number of thiazole rings is 1. The van der Waals surface area contributed by atoms with E-state index < -0.39 is 78.7 Å². The van der Waals surface area contributed by atoms with Crippen molar-refractivity contribution in [2.24, 2.45) is 7.05 Å². The summed E-state index contributed by atoms with van der Waals surface area (Å²) in [6.45, 7) is 0. The largest absolute Gasteiger partial charge is 0.741 e. The number of hydrogen-bond donors (Lipinski definition) is 0. The molecule has 256 valence electrons. The lowest BCUT2D eigenvalue weighted by Crippen LogP contribution is -2.74. The van der Waals surface area contributed by atoms with E-state index in [2.05, 4.69) is 0 Å². The van der Waals surface area contributed by atoms with Crippen LogP contribution >= 0.6 is 23.1 Å². The minimum Gasteiger partial charge on any atom is -0.741 e. The summed E-state index contributed by atoms with van der Waals surface area (Å²) < 4.78 is 285. The summed E-state index contributed by atoms with van der Waals surface area (Å²) in [7, 11) is -5.19. The molecular weight excluding hydrogens is 742 g/mol. The Kier molecular flexibility index (Phi) is 10.3. The van der Waals surface area contributed by atoms with Gasteiger partial charge in [-0.05, 0) is 6.07 Å². The second kappa shape index (κ2) is 11.3. The zero-order valence-corrected chi connectivity index (χ0v) is 22.2. The molecule has 0 unspecified atom stereocenters. The zero-order valence-electron chi connectivity index (χ0n) is 19.8. The number of halogens is 20. The van der Waals surface area contributed by atoms with E-state index in [-0.39, 0.29) is 21.6 Å². The first-order valence-electron chi connectivity index (χ1n) is 9.77. The minimum absolute atomic E-state index is 0.00163. The molecule has 2 aromatic rings. The molecular formula is C17H7F20NO3S3. The number of fused-ring (bicyclic) bond motifs is 1. The van der Waals surface area contributed by atoms with Crippen LogP contribution in [0.3, 0.4) is 0 Å². The van der Waals surface area contributed by atoms with Crippen LogP contribution in [0, 0.1) is 0 Å². The molecule has 0 spiro atoms. The maximum atomic E-state index is 14.2. The van der Waals surface area contributed by atoms with Gasteiger partial charge < -0.3 is 4.55 Å². The number of rotatable bonds is 8. The topological polar surface area (TPSA) is 61.1 Å². The molecule has 0 aliphatic rings. The maximum absolute atomic E-state index is 14.2. The minimum atomic E-state index is -8.63. The molecule has 0 N–H and O–H groups in total. The van der Waals surface area contributed by atoms with Gasteiger partial charge in [0.2, 0.25) is 5.52 Å². The Balaban J connectivity index is 0.00000106. The third-order valence-corrected chi connectivity index (χ3v) is 7.93. The highest BCUT2D eigenvalue weighted by Crippen LogP contribution is 2.65. The molecule has 0 aliphatic heterocycles. The highest BCUT2D eigenvalue weighted by Gasteiger charge is 2.95. The van der Waals surface area contributed by atoms with Gasteiger partial charge in [0, 0.05) is 17.8 Å². The summed E-state index contributed by atoms with van der Waals surface area (Å²) in [6.07, 6.45) is -7.77. The number of aromatic nitrogens is 1. The Bertz CT molecular complexity index is 1440. The number of thioether (sulfide) groups is 1. The van der Waals surface area contributed by atoms with Gasteiger partial charge in [-0.25, -0.2) is 8.42 Å². The summed E-state index contributed by atoms with van der Waals surface area (Å²) in [5.74, 6) is -49.9. The van der Waals surface area contributed by atoms with Gasteiger partial charge in [-0.15, -0.1) is 0 Å². The predicted octanol–water partition coefficient (Wildman–Crippen LogP) is 7.84. The summed E-state index contributed by atoms with van der Waals surface area (Å²) in [5.41, 5.74) is -5.64. The molecule has 0 saturated heterocycles. The smallest absolute Gasteiger partial charge is 0.485 e. The van der Waals surface area contributed by atoms with E-state index in [0.29, 0.717) is 4.57 Å². The van der Waals surface area contributed by atoms with Crippen molar-refractivity contribution in [3.63, 3.8) is 0 Å². The van der Waals surface area contributed by atoms with E-state index in [1.165, 1.54) is 24.3 Å². The first kappa shape index (κ1) is 40.0. The van der Waals surface area contributed by atoms with Gasteiger partial charge in [0.15, 0.2) is 10.1 Å². The number of benzene rings is 1. The van der Waals surface area contributed by atoms with Gasteiger partial charge in [0.05, 0.1) is 0 Å². The van der Waals surface area contributed by atoms with Crippen molar-refractivity contribution in [2.75, 3.05) is 0 Å². The molecule has 0 amide bonds. The van der Waals surface area contributed by atoms with Crippen molar-refractivity contribution < 1.29 is 105 Å². The van der Waals surface area contributed by atoms with Gasteiger partial charge in [0.1, 0.15) is 11.7 Å². The number of alkyl halides is 20. The fourth-order valence-corrected chi connectivity index (χ4v) is 4.83. The molecule has 0 atom stereocenters. The van der Waals surface area contributed by atoms with Crippen molar-refractivity contribution in [1.82, 2.24) is 0 Å². The van der Waals surface area contributed by atoms with Gasteiger partial charge in [-0.2, -0.15) is 92.4 Å². The third kappa shape index (κ3) is 6.32. The third-order valence-electron chi connectivity index (χ3n) is 4.89. The van der Waals surface area contributed by atoms with E-state index in [4.69, 9.17) is 13.0 Å². The fourth-order valence-electron chi connectivity index (χ4n) is 2.49. The molecule has 0 fully saturated rings. The Morgan fingerprint density at radius 3 is 1.32 bits per heavy atom. The van der Waals surface area contributed by atoms with Crippen LogP contribution in [-0.4, -0.2) is 65.4 Å². The predicted molar refractivity (Wildman–Crippen MR) is 105 cm³/mol. The first-order valence-corrected chi connectivity index (χ1v) is 12.8. The second-order valence-corrected chi connectivity index (χ2v) is 11.6. The maximum Gasteiger partial charge on any atom is 0.485 e. The van der Waals surface area contributed by atoms with Gasteiger partial charge in [-0.3, -0.25) is 0 Å². The lowest BCUT2D eigenvalue weighted by molar-refractivity contribution is -0.677. The summed E-state index contributed by atoms with van der Waals surface area (Å²) in [6, 6.07) is 4.99. The van der Waals surface area contributed by atoms with Crippen molar-refractivity contribution in [2.45, 2.75) is 56.8 Å². The van der Waals surface area contributed by atoms with Crippen LogP contribution in [0.4, 0.5) is 87.8 Å². The van der Waals surface area contributed by atoms with Crippen molar-refractivity contribution in [3.8, 4) is 0 Å². The Labute approximate surface area is 237 Å². The van der Waals surface area contributed by atoms with Gasteiger partial charge >= 0.3 is 56.8 Å². The summed E-state index contributed by atoms with van der Waals surface area (Å²) in [5, 5.41) is -6.53. The quantitative estimate of drug-likeness (QED) is 0.0908. The van der Waals surface area contributed by atoms with E-state index in [1.54, 1.807) is 0 Å². The van der Waals surface area contributed by atoms with E-state index in [9.17, 15) is 87.8 Å². The molecule has 27 heteroatoms. The molecule has 1 aromatic carbocycles. The number of nitrogens with zero attached hydrogens (tertiary/aromatic N) is 1. The van der Waals surface area contributed by atoms with E-state index >= 15 is 0 Å². The molecule has 0 radical (unpaired) electrons. The number of aryl methyl sites for hydroxylation is 1. The molecule has 2 rings (SSSR count). The molecule has 44 heavy (non-hydrogen) atoms. The summed E-state index contributed by atoms with van der Waals surface area (Å²) >= 11 is -1.41. The monoisotopic (exact) mass is 749 g/mol. The van der Waals surface area contributed by atoms with Crippen LogP contribution < -0.4 is 4.57 Å². The standard InChI is InChI=1S/C16H7F17NS2.CHF3O3S/c1-34-6-4-2-3-5-7(6)35-8(34)36-16(32,33)14(27,28)12(23,24)10(19,20)9(17,18)11(21,22)13(25,26)15(29,30)31;2-1(3,4)8(5,6)7/h2-5H,1H3;(H,5,6,7)/q+1;/p-1. The molecule has 0 aliphatic carbocycles. The van der Waals surface area contributed by atoms with Crippen molar-refractivity contribution in [1.29, 1.82) is 0 Å². The summed E-state index contributed by atoms with van der Waals surface area (Å²) in [4.78, 5) is 0. The molecule has 1 heterocycles. The number of hydrogen-bond acceptors (Lipinski definition) is 5. The van der Waals surface area contributed by atoms with Crippen LogP contribution in [0.25, 0.3) is 10.2 Å². The van der Waals surface area contributed by atoms with Gasteiger partial charge in [-0.1, -0.05) is 23.5 Å². The fraction of sp³-hybridized carbons (Fsp3) is 0.588. The molecule has 1 aromatic heterocycles. The molecule has 4 nitrogen and oxygen atoms in total. The Morgan fingerprint density at radius 1 is 0.636 bits per heavy atom.